The van der Waals surface area contributed by atoms with Crippen molar-refractivity contribution < 1.29 is 14.3 Å². The number of nitrogens with zero attached hydrogens (tertiary/aromatic N) is 2. The van der Waals surface area contributed by atoms with Crippen LogP contribution in [0.4, 0.5) is 5.69 Å². The largest absolute Gasteiger partial charge is 0.493 e. The molecule has 8 heteroatoms. The molecule has 35 heavy (non-hydrogen) atoms. The Morgan fingerprint density at radius 1 is 1.06 bits per heavy atom. The molecule has 1 aliphatic rings. The SMILES string of the molecule is COc1ccc(NC(=O)C(C)n2c(-c3ccccc3)nc3sc4c(c3c2=O)CCCC4)cc1OC. The molecule has 1 amide bonds. The third kappa shape index (κ3) is 4.18. The molecule has 0 saturated heterocycles. The minimum Gasteiger partial charge on any atom is -0.493 e. The van der Waals surface area contributed by atoms with E-state index in [-0.39, 0.29) is 11.5 Å². The lowest BCUT2D eigenvalue weighted by atomic mass is 9.97. The van der Waals surface area contributed by atoms with E-state index in [0.29, 0.717) is 28.4 Å². The van der Waals surface area contributed by atoms with Gasteiger partial charge in [0.15, 0.2) is 11.5 Å². The van der Waals surface area contributed by atoms with Crippen LogP contribution in [0, 0.1) is 0 Å². The molecule has 7 nitrogen and oxygen atoms in total. The van der Waals surface area contributed by atoms with Gasteiger partial charge in [-0.25, -0.2) is 4.98 Å². The van der Waals surface area contributed by atoms with E-state index in [1.54, 1.807) is 50.7 Å². The van der Waals surface area contributed by atoms with Gasteiger partial charge in [0.25, 0.3) is 5.56 Å². The lowest BCUT2D eigenvalue weighted by Crippen LogP contribution is -2.33. The minimum atomic E-state index is -0.790. The Morgan fingerprint density at radius 3 is 2.54 bits per heavy atom. The molecular weight excluding hydrogens is 462 g/mol. The quantitative estimate of drug-likeness (QED) is 0.402. The molecule has 2 aromatic heterocycles. The molecule has 1 aliphatic carbocycles. The predicted molar refractivity (Wildman–Crippen MR) is 139 cm³/mol. The highest BCUT2D eigenvalue weighted by Gasteiger charge is 2.27. The molecule has 1 unspecified atom stereocenters. The van der Waals surface area contributed by atoms with Crippen LogP contribution in [-0.2, 0) is 17.6 Å². The van der Waals surface area contributed by atoms with Crippen molar-refractivity contribution in [2.24, 2.45) is 0 Å². The molecule has 2 aromatic carbocycles. The van der Waals surface area contributed by atoms with Crippen molar-refractivity contribution in [3.05, 3.63) is 69.3 Å². The number of anilines is 1. The van der Waals surface area contributed by atoms with Crippen LogP contribution in [0.1, 0.15) is 36.2 Å². The van der Waals surface area contributed by atoms with Crippen molar-refractivity contribution in [2.45, 2.75) is 38.6 Å². The van der Waals surface area contributed by atoms with Gasteiger partial charge in [0.2, 0.25) is 5.91 Å². The third-order valence-corrected chi connectivity index (χ3v) is 7.66. The Bertz CT molecular complexity index is 1460. The molecule has 1 atom stereocenters. The van der Waals surface area contributed by atoms with E-state index in [1.165, 1.54) is 9.44 Å². The van der Waals surface area contributed by atoms with Crippen LogP contribution >= 0.6 is 11.3 Å². The lowest BCUT2D eigenvalue weighted by Gasteiger charge is -2.20. The maximum atomic E-state index is 14.0. The fourth-order valence-corrected chi connectivity index (χ4v) is 5.90. The first-order valence-electron chi connectivity index (χ1n) is 11.7. The number of thiophene rings is 1. The van der Waals surface area contributed by atoms with Gasteiger partial charge in [0.05, 0.1) is 19.6 Å². The number of hydrogen-bond acceptors (Lipinski definition) is 6. The van der Waals surface area contributed by atoms with Crippen LogP contribution in [0.15, 0.2) is 53.3 Å². The number of hydrogen-bond donors (Lipinski definition) is 1. The van der Waals surface area contributed by atoms with Crippen LogP contribution in [0.2, 0.25) is 0 Å². The number of carbonyl (C=O) groups excluding carboxylic acids is 1. The molecule has 0 bridgehead atoms. The van der Waals surface area contributed by atoms with Crippen molar-refractivity contribution in [1.29, 1.82) is 0 Å². The van der Waals surface area contributed by atoms with Gasteiger partial charge in [0.1, 0.15) is 16.7 Å². The number of aryl methyl sites for hydroxylation is 2. The van der Waals surface area contributed by atoms with E-state index in [2.05, 4.69) is 5.32 Å². The van der Waals surface area contributed by atoms with Gasteiger partial charge in [0, 0.05) is 22.2 Å². The van der Waals surface area contributed by atoms with Crippen LogP contribution in [0.25, 0.3) is 21.6 Å². The highest BCUT2D eigenvalue weighted by atomic mass is 32.1. The maximum absolute atomic E-state index is 14.0. The number of methoxy groups -OCH3 is 2. The Morgan fingerprint density at radius 2 is 1.80 bits per heavy atom. The van der Waals surface area contributed by atoms with Crippen LogP contribution < -0.4 is 20.3 Å². The molecule has 0 spiro atoms. The molecule has 1 N–H and O–H groups in total. The number of rotatable bonds is 6. The van der Waals surface area contributed by atoms with Gasteiger partial charge < -0.3 is 14.8 Å². The predicted octanol–water partition coefficient (Wildman–Crippen LogP) is 5.22. The molecule has 180 valence electrons. The summed E-state index contributed by atoms with van der Waals surface area (Å²) in [4.78, 5) is 34.3. The highest BCUT2D eigenvalue weighted by Crippen LogP contribution is 2.35. The van der Waals surface area contributed by atoms with Crippen LogP contribution in [-0.4, -0.2) is 29.7 Å². The highest BCUT2D eigenvalue weighted by molar-refractivity contribution is 7.18. The number of carbonyl (C=O) groups is 1. The molecule has 0 fully saturated rings. The zero-order valence-electron chi connectivity index (χ0n) is 20.0. The van der Waals surface area contributed by atoms with Crippen molar-refractivity contribution in [3.63, 3.8) is 0 Å². The molecule has 0 saturated carbocycles. The van der Waals surface area contributed by atoms with Crippen molar-refractivity contribution >= 4 is 33.1 Å². The number of aromatic nitrogens is 2. The second-order valence-electron chi connectivity index (χ2n) is 8.60. The summed E-state index contributed by atoms with van der Waals surface area (Å²) in [7, 11) is 3.10. The standard InChI is InChI=1S/C27H27N3O4S/c1-16(25(31)28-18-13-14-20(33-2)21(15-18)34-3)30-24(17-9-5-4-6-10-17)29-26-23(27(30)32)19-11-7-8-12-22(19)35-26/h4-6,9-10,13-16H,7-8,11-12H2,1-3H3,(H,28,31). The van der Waals surface area contributed by atoms with Gasteiger partial charge in [-0.15, -0.1) is 11.3 Å². The summed E-state index contributed by atoms with van der Waals surface area (Å²) in [6.45, 7) is 1.73. The normalized spacial score (nSPS) is 13.8. The number of nitrogens with one attached hydrogen (secondary N) is 1. The zero-order valence-corrected chi connectivity index (χ0v) is 20.8. The average Bonchev–Trinajstić information content (AvgIpc) is 3.27. The van der Waals surface area contributed by atoms with Crippen molar-refractivity contribution in [1.82, 2.24) is 9.55 Å². The lowest BCUT2D eigenvalue weighted by molar-refractivity contribution is -0.118. The van der Waals surface area contributed by atoms with E-state index in [0.717, 1.165) is 41.6 Å². The maximum Gasteiger partial charge on any atom is 0.263 e. The van der Waals surface area contributed by atoms with Crippen molar-refractivity contribution in [2.75, 3.05) is 19.5 Å². The average molecular weight is 490 g/mol. The number of amides is 1. The van der Waals surface area contributed by atoms with Gasteiger partial charge in [-0.05, 0) is 50.3 Å². The molecule has 4 aromatic rings. The zero-order chi connectivity index (χ0) is 24.5. The van der Waals surface area contributed by atoms with Gasteiger partial charge in [-0.2, -0.15) is 0 Å². The van der Waals surface area contributed by atoms with Crippen LogP contribution in [0.3, 0.4) is 0 Å². The monoisotopic (exact) mass is 489 g/mol. The molecular formula is C27H27N3O4S. The first-order valence-corrected chi connectivity index (χ1v) is 12.5. The van der Waals surface area contributed by atoms with Gasteiger partial charge in [-0.1, -0.05) is 30.3 Å². The number of ether oxygens (including phenoxy) is 2. The van der Waals surface area contributed by atoms with Gasteiger partial charge >= 0.3 is 0 Å². The Hall–Kier alpha value is -3.65. The topological polar surface area (TPSA) is 82.5 Å². The van der Waals surface area contributed by atoms with Crippen LogP contribution in [0.5, 0.6) is 11.5 Å². The summed E-state index contributed by atoms with van der Waals surface area (Å²) >= 11 is 1.61. The third-order valence-electron chi connectivity index (χ3n) is 6.47. The first kappa shape index (κ1) is 23.1. The molecule has 0 radical (unpaired) electrons. The molecule has 0 aliphatic heterocycles. The fraction of sp³-hybridized carbons (Fsp3) is 0.296. The summed E-state index contributed by atoms with van der Waals surface area (Å²) in [5, 5.41) is 3.58. The van der Waals surface area contributed by atoms with E-state index in [4.69, 9.17) is 14.5 Å². The summed E-state index contributed by atoms with van der Waals surface area (Å²) in [6, 6.07) is 13.9. The fourth-order valence-electron chi connectivity index (χ4n) is 4.65. The molecule has 2 heterocycles. The second kappa shape index (κ2) is 9.54. The Labute approximate surface area is 207 Å². The Balaban J connectivity index is 1.60. The summed E-state index contributed by atoms with van der Waals surface area (Å²) in [5.41, 5.74) is 2.29. The number of benzene rings is 2. The second-order valence-corrected chi connectivity index (χ2v) is 9.69. The first-order chi connectivity index (χ1) is 17.0. The van der Waals surface area contributed by atoms with E-state index in [1.807, 2.05) is 30.3 Å². The van der Waals surface area contributed by atoms with Gasteiger partial charge in [-0.3, -0.25) is 14.2 Å². The van der Waals surface area contributed by atoms with E-state index in [9.17, 15) is 9.59 Å². The van der Waals surface area contributed by atoms with E-state index < -0.39 is 6.04 Å². The Kier molecular flexibility index (Phi) is 6.30. The summed E-state index contributed by atoms with van der Waals surface area (Å²) in [5.74, 6) is 1.25. The summed E-state index contributed by atoms with van der Waals surface area (Å²) in [6.07, 6.45) is 4.05. The molecule has 5 rings (SSSR count). The number of fused-ring (bicyclic) bond motifs is 3. The smallest absolute Gasteiger partial charge is 0.263 e. The minimum absolute atomic E-state index is 0.164. The van der Waals surface area contributed by atoms with E-state index >= 15 is 0 Å². The summed E-state index contributed by atoms with van der Waals surface area (Å²) < 4.78 is 12.2. The van der Waals surface area contributed by atoms with Crippen molar-refractivity contribution in [3.8, 4) is 22.9 Å².